The van der Waals surface area contributed by atoms with Crippen LogP contribution < -0.4 is 5.73 Å². The molecule has 0 aliphatic carbocycles. The monoisotopic (exact) mass is 301 g/mol. The zero-order valence-corrected chi connectivity index (χ0v) is 13.6. The fraction of sp³-hybridized carbons (Fsp3) is 0.857. The predicted octanol–water partition coefficient (Wildman–Crippen LogP) is 1.92. The molecule has 1 aliphatic heterocycles. The SMILES string of the molecule is CC(C)Cn1ncnc1CN1CCC(C)CC1CN.Cl. The van der Waals surface area contributed by atoms with Crippen molar-refractivity contribution in [1.82, 2.24) is 19.7 Å². The first-order chi connectivity index (χ1) is 9.10. The highest BCUT2D eigenvalue weighted by Gasteiger charge is 2.26. The molecule has 0 amide bonds. The van der Waals surface area contributed by atoms with Gasteiger partial charge in [0.25, 0.3) is 0 Å². The van der Waals surface area contributed by atoms with Crippen molar-refractivity contribution in [3.05, 3.63) is 12.2 Å². The summed E-state index contributed by atoms with van der Waals surface area (Å²) in [5.41, 5.74) is 5.92. The van der Waals surface area contributed by atoms with Gasteiger partial charge in [0.15, 0.2) is 0 Å². The third kappa shape index (κ3) is 4.43. The highest BCUT2D eigenvalue weighted by molar-refractivity contribution is 5.85. The number of likely N-dealkylation sites (tertiary alicyclic amines) is 1. The van der Waals surface area contributed by atoms with E-state index in [1.807, 2.05) is 4.68 Å². The summed E-state index contributed by atoms with van der Waals surface area (Å²) in [6.07, 6.45) is 4.13. The summed E-state index contributed by atoms with van der Waals surface area (Å²) >= 11 is 0. The predicted molar refractivity (Wildman–Crippen MR) is 83.8 cm³/mol. The molecule has 2 N–H and O–H groups in total. The maximum Gasteiger partial charge on any atom is 0.141 e. The van der Waals surface area contributed by atoms with E-state index in [1.165, 1.54) is 12.8 Å². The lowest BCUT2D eigenvalue weighted by atomic mass is 9.92. The molecule has 0 aromatic carbocycles. The maximum atomic E-state index is 5.92. The van der Waals surface area contributed by atoms with E-state index in [4.69, 9.17) is 5.73 Å². The Hall–Kier alpha value is -0.650. The van der Waals surface area contributed by atoms with Crippen molar-refractivity contribution < 1.29 is 0 Å². The number of hydrogen-bond donors (Lipinski definition) is 1. The first kappa shape index (κ1) is 17.4. The number of rotatable bonds is 5. The first-order valence-corrected chi connectivity index (χ1v) is 7.41. The molecule has 6 heteroatoms. The van der Waals surface area contributed by atoms with Crippen molar-refractivity contribution in [2.45, 2.75) is 52.7 Å². The average molecular weight is 302 g/mol. The molecule has 5 nitrogen and oxygen atoms in total. The van der Waals surface area contributed by atoms with Crippen molar-refractivity contribution in [3.63, 3.8) is 0 Å². The third-order valence-corrected chi connectivity index (χ3v) is 3.95. The average Bonchev–Trinajstić information content (AvgIpc) is 2.78. The molecule has 20 heavy (non-hydrogen) atoms. The Morgan fingerprint density at radius 2 is 2.20 bits per heavy atom. The van der Waals surface area contributed by atoms with Crippen molar-refractivity contribution in [1.29, 1.82) is 0 Å². The van der Waals surface area contributed by atoms with Crippen LogP contribution in [0, 0.1) is 11.8 Å². The second-order valence-electron chi connectivity index (χ2n) is 6.24. The van der Waals surface area contributed by atoms with Gasteiger partial charge in [0.1, 0.15) is 12.2 Å². The van der Waals surface area contributed by atoms with Crippen molar-refractivity contribution in [2.24, 2.45) is 17.6 Å². The van der Waals surface area contributed by atoms with Gasteiger partial charge in [-0.2, -0.15) is 5.10 Å². The molecule has 2 unspecified atom stereocenters. The highest BCUT2D eigenvalue weighted by atomic mass is 35.5. The number of piperidine rings is 1. The molecule has 0 bridgehead atoms. The van der Waals surface area contributed by atoms with Gasteiger partial charge in [-0.3, -0.25) is 4.90 Å². The van der Waals surface area contributed by atoms with Crippen LogP contribution in [-0.4, -0.2) is 38.8 Å². The van der Waals surface area contributed by atoms with Gasteiger partial charge in [0, 0.05) is 19.1 Å². The van der Waals surface area contributed by atoms with Gasteiger partial charge >= 0.3 is 0 Å². The van der Waals surface area contributed by atoms with E-state index >= 15 is 0 Å². The number of hydrogen-bond acceptors (Lipinski definition) is 4. The van der Waals surface area contributed by atoms with E-state index in [9.17, 15) is 0 Å². The zero-order valence-electron chi connectivity index (χ0n) is 12.8. The standard InChI is InChI=1S/C14H27N5.ClH/c1-11(2)8-19-14(16-10-17-19)9-18-5-4-12(3)6-13(18)7-15;/h10-13H,4-9,15H2,1-3H3;1H. The summed E-state index contributed by atoms with van der Waals surface area (Å²) in [6, 6.07) is 0.493. The molecule has 0 spiro atoms. The van der Waals surface area contributed by atoms with E-state index in [0.717, 1.165) is 37.9 Å². The lowest BCUT2D eigenvalue weighted by molar-refractivity contribution is 0.110. The Kier molecular flexibility index (Phi) is 6.92. The molecule has 2 heterocycles. The maximum absolute atomic E-state index is 5.92. The number of nitrogens with two attached hydrogens (primary N) is 1. The molecule has 116 valence electrons. The Bertz CT molecular complexity index is 393. The summed E-state index contributed by atoms with van der Waals surface area (Å²) in [7, 11) is 0. The minimum Gasteiger partial charge on any atom is -0.329 e. The molecule has 0 radical (unpaired) electrons. The van der Waals surface area contributed by atoms with Crippen LogP contribution in [0.2, 0.25) is 0 Å². The summed E-state index contributed by atoms with van der Waals surface area (Å²) in [6.45, 7) is 10.4. The van der Waals surface area contributed by atoms with Crippen LogP contribution >= 0.6 is 12.4 Å². The van der Waals surface area contributed by atoms with Gasteiger partial charge in [-0.15, -0.1) is 12.4 Å². The summed E-state index contributed by atoms with van der Waals surface area (Å²) in [5, 5.41) is 4.34. The molecule has 1 aromatic rings. The Morgan fingerprint density at radius 1 is 1.45 bits per heavy atom. The van der Waals surface area contributed by atoms with Crippen LogP contribution in [0.4, 0.5) is 0 Å². The minimum atomic E-state index is 0. The minimum absolute atomic E-state index is 0. The van der Waals surface area contributed by atoms with Crippen molar-refractivity contribution in [2.75, 3.05) is 13.1 Å². The van der Waals surface area contributed by atoms with E-state index < -0.39 is 0 Å². The summed E-state index contributed by atoms with van der Waals surface area (Å²) in [5.74, 6) is 2.45. The van der Waals surface area contributed by atoms with Gasteiger partial charge in [-0.05, 0) is 31.2 Å². The van der Waals surface area contributed by atoms with E-state index in [0.29, 0.717) is 12.0 Å². The van der Waals surface area contributed by atoms with Gasteiger partial charge in [0.05, 0.1) is 6.54 Å². The fourth-order valence-corrected chi connectivity index (χ4v) is 2.84. The highest BCUT2D eigenvalue weighted by Crippen LogP contribution is 2.23. The molecule has 2 rings (SSSR count). The molecule has 2 atom stereocenters. The third-order valence-electron chi connectivity index (χ3n) is 3.95. The van der Waals surface area contributed by atoms with Crippen LogP contribution in [0.3, 0.4) is 0 Å². The largest absolute Gasteiger partial charge is 0.329 e. The second kappa shape index (κ2) is 7.96. The van der Waals surface area contributed by atoms with E-state index in [1.54, 1.807) is 6.33 Å². The van der Waals surface area contributed by atoms with Crippen LogP contribution in [0.5, 0.6) is 0 Å². The summed E-state index contributed by atoms with van der Waals surface area (Å²) in [4.78, 5) is 6.89. The molecule has 1 aliphatic rings. The smallest absolute Gasteiger partial charge is 0.141 e. The Labute approximate surface area is 128 Å². The lowest BCUT2D eigenvalue weighted by Crippen LogP contribution is -2.46. The van der Waals surface area contributed by atoms with Crippen LogP contribution in [0.25, 0.3) is 0 Å². The van der Waals surface area contributed by atoms with Crippen molar-refractivity contribution in [3.8, 4) is 0 Å². The molecule has 0 saturated carbocycles. The summed E-state index contributed by atoms with van der Waals surface area (Å²) < 4.78 is 2.04. The molecule has 1 saturated heterocycles. The van der Waals surface area contributed by atoms with Crippen LogP contribution in [0.1, 0.15) is 39.4 Å². The van der Waals surface area contributed by atoms with Crippen LogP contribution in [-0.2, 0) is 13.1 Å². The second-order valence-corrected chi connectivity index (χ2v) is 6.24. The van der Waals surface area contributed by atoms with Gasteiger partial charge in [-0.1, -0.05) is 20.8 Å². The molecular weight excluding hydrogens is 274 g/mol. The van der Waals surface area contributed by atoms with Gasteiger partial charge < -0.3 is 5.73 Å². The Morgan fingerprint density at radius 3 is 2.85 bits per heavy atom. The lowest BCUT2D eigenvalue weighted by Gasteiger charge is -2.37. The number of aromatic nitrogens is 3. The molecular formula is C14H28ClN5. The molecule has 1 fully saturated rings. The first-order valence-electron chi connectivity index (χ1n) is 7.41. The van der Waals surface area contributed by atoms with Gasteiger partial charge in [0.2, 0.25) is 0 Å². The van der Waals surface area contributed by atoms with Crippen LogP contribution in [0.15, 0.2) is 6.33 Å². The number of halogens is 1. The normalized spacial score (nSPS) is 23.9. The number of nitrogens with zero attached hydrogens (tertiary/aromatic N) is 4. The quantitative estimate of drug-likeness (QED) is 0.902. The molecule has 1 aromatic heterocycles. The zero-order chi connectivity index (χ0) is 13.8. The van der Waals surface area contributed by atoms with E-state index in [2.05, 4.69) is 35.8 Å². The topological polar surface area (TPSA) is 60.0 Å². The fourth-order valence-electron chi connectivity index (χ4n) is 2.84. The van der Waals surface area contributed by atoms with Gasteiger partial charge in [-0.25, -0.2) is 9.67 Å². The van der Waals surface area contributed by atoms with E-state index in [-0.39, 0.29) is 12.4 Å². The Balaban J connectivity index is 0.00000200. The van der Waals surface area contributed by atoms with Crippen molar-refractivity contribution >= 4 is 12.4 Å².